The minimum Gasteiger partial charge on any atom is -0.454 e. The topological polar surface area (TPSA) is 50.4 Å². The van der Waals surface area contributed by atoms with Crippen LogP contribution < -0.4 is 15.4 Å². The summed E-state index contributed by atoms with van der Waals surface area (Å²) in [5.41, 5.74) is 2.57. The lowest BCUT2D eigenvalue weighted by Crippen LogP contribution is -2.34. The predicted molar refractivity (Wildman–Crippen MR) is 135 cm³/mol. The standard InChI is InChI=1S/C22H16BrCl3N2O2S/c1-11-9-17(27-22(31)28-21(29)14-5-3-4-6-15(14)23)12(2)19(26)20(11)30-18-8-7-13(24)10-16(18)25/h3-10H,1-2H3,(H2,27,28,29,31). The zero-order valence-corrected chi connectivity index (χ0v) is 21.0. The highest BCUT2D eigenvalue weighted by atomic mass is 79.9. The third kappa shape index (κ3) is 5.70. The first-order valence-electron chi connectivity index (χ1n) is 8.97. The highest BCUT2D eigenvalue weighted by Crippen LogP contribution is 2.41. The van der Waals surface area contributed by atoms with E-state index in [0.29, 0.717) is 47.9 Å². The molecule has 160 valence electrons. The first kappa shape index (κ1) is 23.8. The van der Waals surface area contributed by atoms with E-state index in [4.69, 9.17) is 51.8 Å². The van der Waals surface area contributed by atoms with Crippen molar-refractivity contribution >= 4 is 79.7 Å². The van der Waals surface area contributed by atoms with Crippen molar-refractivity contribution in [1.29, 1.82) is 0 Å². The summed E-state index contributed by atoms with van der Waals surface area (Å²) in [7, 11) is 0. The Hall–Kier alpha value is -1.83. The fourth-order valence-corrected chi connectivity index (χ4v) is 4.15. The van der Waals surface area contributed by atoms with Crippen molar-refractivity contribution in [3.05, 3.63) is 84.8 Å². The average molecular weight is 559 g/mol. The van der Waals surface area contributed by atoms with Crippen LogP contribution in [-0.4, -0.2) is 11.0 Å². The fourth-order valence-electron chi connectivity index (χ4n) is 2.74. The highest BCUT2D eigenvalue weighted by molar-refractivity contribution is 9.10. The van der Waals surface area contributed by atoms with Crippen molar-refractivity contribution in [2.45, 2.75) is 13.8 Å². The van der Waals surface area contributed by atoms with Crippen LogP contribution in [0.4, 0.5) is 5.69 Å². The van der Waals surface area contributed by atoms with Crippen molar-refractivity contribution in [2.75, 3.05) is 5.32 Å². The molecule has 0 atom stereocenters. The molecule has 0 fully saturated rings. The van der Waals surface area contributed by atoms with Gasteiger partial charge in [0, 0.05) is 15.2 Å². The molecule has 1 amide bonds. The number of amides is 1. The van der Waals surface area contributed by atoms with Crippen LogP contribution in [0.1, 0.15) is 21.5 Å². The van der Waals surface area contributed by atoms with E-state index in [0.717, 1.165) is 5.56 Å². The number of hydrogen-bond acceptors (Lipinski definition) is 3. The summed E-state index contributed by atoms with van der Waals surface area (Å²) in [6.45, 7) is 3.66. The quantitative estimate of drug-likeness (QED) is 0.319. The molecule has 0 saturated heterocycles. The van der Waals surface area contributed by atoms with Crippen LogP contribution in [0.3, 0.4) is 0 Å². The van der Waals surface area contributed by atoms with E-state index >= 15 is 0 Å². The molecule has 0 aromatic heterocycles. The van der Waals surface area contributed by atoms with E-state index in [1.54, 1.807) is 36.4 Å². The van der Waals surface area contributed by atoms with Gasteiger partial charge in [0.05, 0.1) is 15.6 Å². The lowest BCUT2D eigenvalue weighted by Gasteiger charge is -2.18. The SMILES string of the molecule is Cc1cc(NC(=S)NC(=O)c2ccccc2Br)c(C)c(Cl)c1Oc1ccc(Cl)cc1Cl. The van der Waals surface area contributed by atoms with Crippen LogP contribution in [0.5, 0.6) is 11.5 Å². The third-order valence-electron chi connectivity index (χ3n) is 4.35. The molecule has 0 heterocycles. The number of thiocarbonyl (C=S) groups is 1. The Morgan fingerprint density at radius 1 is 1.06 bits per heavy atom. The van der Waals surface area contributed by atoms with Gasteiger partial charge in [0.15, 0.2) is 5.11 Å². The van der Waals surface area contributed by atoms with Crippen molar-refractivity contribution < 1.29 is 9.53 Å². The number of carbonyl (C=O) groups excluding carboxylic acids is 1. The molecule has 0 aliphatic carbocycles. The molecular weight excluding hydrogens is 543 g/mol. The number of nitrogens with one attached hydrogen (secondary N) is 2. The molecule has 0 aliphatic heterocycles. The van der Waals surface area contributed by atoms with Crippen LogP contribution in [-0.2, 0) is 0 Å². The van der Waals surface area contributed by atoms with Crippen molar-refractivity contribution in [3.8, 4) is 11.5 Å². The van der Waals surface area contributed by atoms with Gasteiger partial charge in [-0.2, -0.15) is 0 Å². The van der Waals surface area contributed by atoms with Gasteiger partial charge in [-0.1, -0.05) is 46.9 Å². The molecule has 0 spiro atoms. The van der Waals surface area contributed by atoms with E-state index in [1.165, 1.54) is 0 Å². The summed E-state index contributed by atoms with van der Waals surface area (Å²) in [4.78, 5) is 12.5. The molecular formula is C22H16BrCl3N2O2S. The number of anilines is 1. The van der Waals surface area contributed by atoms with Crippen molar-refractivity contribution in [2.24, 2.45) is 0 Å². The minimum atomic E-state index is -0.331. The van der Waals surface area contributed by atoms with E-state index in [2.05, 4.69) is 26.6 Å². The summed E-state index contributed by atoms with van der Waals surface area (Å²) < 4.78 is 6.62. The van der Waals surface area contributed by atoms with Gasteiger partial charge in [-0.15, -0.1) is 0 Å². The van der Waals surface area contributed by atoms with Crippen LogP contribution in [0.25, 0.3) is 0 Å². The third-order valence-corrected chi connectivity index (χ3v) is 6.23. The lowest BCUT2D eigenvalue weighted by atomic mass is 10.1. The number of halogens is 4. The molecule has 4 nitrogen and oxygen atoms in total. The lowest BCUT2D eigenvalue weighted by molar-refractivity contribution is 0.0977. The van der Waals surface area contributed by atoms with Gasteiger partial charge in [-0.25, -0.2) is 0 Å². The number of benzene rings is 3. The zero-order valence-electron chi connectivity index (χ0n) is 16.4. The molecule has 3 aromatic carbocycles. The van der Waals surface area contributed by atoms with E-state index < -0.39 is 0 Å². The number of hydrogen-bond donors (Lipinski definition) is 2. The molecule has 9 heteroatoms. The second-order valence-corrected chi connectivity index (χ2v) is 9.06. The van der Waals surface area contributed by atoms with Gasteiger partial charge >= 0.3 is 0 Å². The zero-order chi connectivity index (χ0) is 22.7. The van der Waals surface area contributed by atoms with E-state index in [-0.39, 0.29) is 11.0 Å². The minimum absolute atomic E-state index is 0.147. The molecule has 0 saturated carbocycles. The van der Waals surface area contributed by atoms with Crippen LogP contribution in [0.15, 0.2) is 53.0 Å². The van der Waals surface area contributed by atoms with Gasteiger partial charge in [0.25, 0.3) is 5.91 Å². The molecule has 2 N–H and O–H groups in total. The molecule has 0 aliphatic rings. The van der Waals surface area contributed by atoms with Crippen LogP contribution in [0, 0.1) is 13.8 Å². The summed E-state index contributed by atoms with van der Waals surface area (Å²) >= 11 is 27.4. The maximum atomic E-state index is 12.5. The van der Waals surface area contributed by atoms with Crippen LogP contribution >= 0.6 is 63.0 Å². The summed E-state index contributed by atoms with van der Waals surface area (Å²) in [6.07, 6.45) is 0. The van der Waals surface area contributed by atoms with Gasteiger partial charge in [-0.05, 0) is 89.5 Å². The maximum Gasteiger partial charge on any atom is 0.258 e. The Bertz CT molecular complexity index is 1190. The molecule has 0 unspecified atom stereocenters. The molecule has 3 aromatic rings. The van der Waals surface area contributed by atoms with E-state index in [9.17, 15) is 4.79 Å². The Balaban J connectivity index is 1.79. The van der Waals surface area contributed by atoms with Gasteiger partial charge in [0.1, 0.15) is 11.5 Å². The number of carbonyl (C=O) groups is 1. The largest absolute Gasteiger partial charge is 0.454 e. The molecule has 3 rings (SSSR count). The number of aryl methyl sites for hydroxylation is 1. The normalized spacial score (nSPS) is 10.5. The predicted octanol–water partition coefficient (Wildman–Crippen LogP) is 7.95. The summed E-state index contributed by atoms with van der Waals surface area (Å²) in [5, 5.41) is 7.11. The second kappa shape index (κ2) is 10.2. The summed E-state index contributed by atoms with van der Waals surface area (Å²) in [6, 6.07) is 13.9. The molecule has 0 bridgehead atoms. The van der Waals surface area contributed by atoms with Crippen LogP contribution in [0.2, 0.25) is 15.1 Å². The first-order chi connectivity index (χ1) is 14.7. The average Bonchev–Trinajstić information content (AvgIpc) is 2.70. The second-order valence-electron chi connectivity index (χ2n) is 6.57. The highest BCUT2D eigenvalue weighted by Gasteiger charge is 2.17. The Morgan fingerprint density at radius 2 is 1.77 bits per heavy atom. The Morgan fingerprint density at radius 3 is 2.45 bits per heavy atom. The fraction of sp³-hybridized carbons (Fsp3) is 0.0909. The van der Waals surface area contributed by atoms with Gasteiger partial charge in [0.2, 0.25) is 0 Å². The number of ether oxygens (including phenoxy) is 1. The van der Waals surface area contributed by atoms with Crippen molar-refractivity contribution in [3.63, 3.8) is 0 Å². The number of rotatable bonds is 4. The smallest absolute Gasteiger partial charge is 0.258 e. The maximum absolute atomic E-state index is 12.5. The Labute approximate surface area is 209 Å². The van der Waals surface area contributed by atoms with Gasteiger partial charge in [-0.3, -0.25) is 10.1 Å². The molecule has 0 radical (unpaired) electrons. The first-order valence-corrected chi connectivity index (χ1v) is 11.3. The van der Waals surface area contributed by atoms with Crippen molar-refractivity contribution in [1.82, 2.24) is 5.32 Å². The monoisotopic (exact) mass is 556 g/mol. The molecule has 31 heavy (non-hydrogen) atoms. The van der Waals surface area contributed by atoms with E-state index in [1.807, 2.05) is 26.0 Å². The Kier molecular flexibility index (Phi) is 7.83. The van der Waals surface area contributed by atoms with Gasteiger partial charge < -0.3 is 10.1 Å². The summed E-state index contributed by atoms with van der Waals surface area (Å²) in [5.74, 6) is 0.576.